The Morgan fingerprint density at radius 1 is 0.635 bits per heavy atom. The van der Waals surface area contributed by atoms with Crippen LogP contribution >= 0.6 is 0 Å². The maximum absolute atomic E-state index is 12.7. The van der Waals surface area contributed by atoms with Crippen LogP contribution in [0.1, 0.15) is 311 Å². The van der Waals surface area contributed by atoms with Crippen LogP contribution in [0, 0.1) is 96.7 Å². The van der Waals surface area contributed by atoms with Crippen LogP contribution in [0.2, 0.25) is 0 Å². The van der Waals surface area contributed by atoms with Gasteiger partial charge in [-0.25, -0.2) is 0 Å². The lowest BCUT2D eigenvalue weighted by molar-refractivity contribution is -0.162. The zero-order chi connectivity index (χ0) is 54.2. The highest BCUT2D eigenvalue weighted by Gasteiger charge is 2.61. The molecule has 0 bridgehead atoms. The Hall–Kier alpha value is -1.71. The highest BCUT2D eigenvalue weighted by Crippen LogP contribution is 2.68. The summed E-state index contributed by atoms with van der Waals surface area (Å²) in [5, 5.41) is 10.4. The van der Waals surface area contributed by atoms with E-state index >= 15 is 0 Å². The van der Waals surface area contributed by atoms with Gasteiger partial charge in [-0.3, -0.25) is 4.79 Å². The summed E-state index contributed by atoms with van der Waals surface area (Å²) in [6, 6.07) is 0. The predicted octanol–water partition coefficient (Wildman–Crippen LogP) is 21.4. The molecule has 0 spiro atoms. The Morgan fingerprint density at radius 2 is 1.24 bits per heavy atom. The number of unbranched alkanes of at least 4 members (excludes halogenated alkanes) is 8. The quantitative estimate of drug-likeness (QED) is 0.0642. The number of benzene rings is 1. The molecule has 4 saturated carbocycles. The number of esters is 1. The lowest BCUT2D eigenvalue weighted by Gasteiger charge is -2.61. The minimum absolute atomic E-state index is 0.0712. The van der Waals surface area contributed by atoms with Crippen LogP contribution in [-0.4, -0.2) is 22.8 Å². The van der Waals surface area contributed by atoms with Crippen molar-refractivity contribution in [2.24, 2.45) is 75.9 Å². The van der Waals surface area contributed by atoms with Gasteiger partial charge in [-0.15, -0.1) is 0 Å². The number of hydrogen-bond donors (Lipinski definition) is 1. The molecule has 13 atom stereocenters. The summed E-state index contributed by atoms with van der Waals surface area (Å²) in [7, 11) is 0. The number of carbonyl (C=O) groups excluding carboxylic acids is 1. The van der Waals surface area contributed by atoms with Gasteiger partial charge >= 0.3 is 5.97 Å². The first-order valence-corrected chi connectivity index (χ1v) is 32.9. The smallest absolute Gasteiger partial charge is 0.306 e. The summed E-state index contributed by atoms with van der Waals surface area (Å²) in [6.07, 6.45) is 43.0. The molecule has 4 aliphatic carbocycles. The standard InChI is InChI=1S/C41H74O2.C29H50O2/c1-8-10-11-12-13-14-15-16-17-18-39(42)43-34-25-27-40(6)33(29-34)21-22-35-37-24-23-36(41(37,7)28-26-38(35)40)31(5)19-20-32(9-2)30(3)4;1-20(2)12-9-13-21(3)14-10-15-22(4)16-11-18-29(8)19-17-26-25(7)27(30)23(5)24(6)28(26)31-29/h30-38H,8-29H2,1-7H3;20-22,30H,9-19H2,1-8H3/t31-,32-,33+,34+,35+,36-,37+,38+,40+,41-;21-,22-,29-/m11/s1. The molecule has 6 rings (SSSR count). The van der Waals surface area contributed by atoms with Gasteiger partial charge in [0.25, 0.3) is 0 Å². The third-order valence-electron chi connectivity index (χ3n) is 22.5. The maximum atomic E-state index is 12.7. The first-order chi connectivity index (χ1) is 35.2. The third-order valence-corrected chi connectivity index (χ3v) is 22.5. The molecule has 74 heavy (non-hydrogen) atoms. The fourth-order valence-electron chi connectivity index (χ4n) is 17.1. The van der Waals surface area contributed by atoms with E-state index < -0.39 is 0 Å². The van der Waals surface area contributed by atoms with Crippen LogP contribution in [0.3, 0.4) is 0 Å². The van der Waals surface area contributed by atoms with Gasteiger partial charge in [0.1, 0.15) is 23.2 Å². The Labute approximate surface area is 460 Å². The molecule has 1 aromatic rings. The molecule has 1 N–H and O–H groups in total. The van der Waals surface area contributed by atoms with Gasteiger partial charge in [-0.05, 0) is 217 Å². The number of rotatable bonds is 29. The highest BCUT2D eigenvalue weighted by atomic mass is 16.5. The van der Waals surface area contributed by atoms with E-state index in [4.69, 9.17) is 9.47 Å². The minimum Gasteiger partial charge on any atom is -0.507 e. The summed E-state index contributed by atoms with van der Waals surface area (Å²) in [5.74, 6) is 11.2. The van der Waals surface area contributed by atoms with Crippen molar-refractivity contribution in [2.75, 3.05) is 0 Å². The van der Waals surface area contributed by atoms with Crippen LogP contribution in [0.5, 0.6) is 11.5 Å². The largest absolute Gasteiger partial charge is 0.507 e. The van der Waals surface area contributed by atoms with Crippen molar-refractivity contribution in [3.63, 3.8) is 0 Å². The molecular formula is C70H124O4. The van der Waals surface area contributed by atoms with E-state index in [1.165, 1.54) is 173 Å². The first kappa shape index (κ1) is 63.1. The molecule has 0 saturated heterocycles. The monoisotopic (exact) mass is 1030 g/mol. The van der Waals surface area contributed by atoms with Crippen LogP contribution in [-0.2, 0) is 16.0 Å². The molecule has 1 heterocycles. The summed E-state index contributed by atoms with van der Waals surface area (Å²) < 4.78 is 12.7. The fourth-order valence-corrected chi connectivity index (χ4v) is 17.1. The van der Waals surface area contributed by atoms with Gasteiger partial charge in [-0.1, -0.05) is 185 Å². The molecule has 1 aromatic carbocycles. The van der Waals surface area contributed by atoms with Crippen LogP contribution in [0.25, 0.3) is 0 Å². The van der Waals surface area contributed by atoms with E-state index in [2.05, 4.69) is 90.0 Å². The van der Waals surface area contributed by atoms with Gasteiger partial charge in [0.05, 0.1) is 0 Å². The van der Waals surface area contributed by atoms with Crippen molar-refractivity contribution < 1.29 is 19.4 Å². The van der Waals surface area contributed by atoms with Crippen LogP contribution in [0.15, 0.2) is 0 Å². The average Bonchev–Trinajstić information content (AvgIpc) is 3.72. The second-order valence-corrected chi connectivity index (χ2v) is 28.8. The topological polar surface area (TPSA) is 55.8 Å². The molecule has 4 fully saturated rings. The molecule has 4 nitrogen and oxygen atoms in total. The Bertz CT molecular complexity index is 1800. The number of hydrogen-bond acceptors (Lipinski definition) is 4. The Balaban J connectivity index is 0.000000290. The zero-order valence-corrected chi connectivity index (χ0v) is 51.9. The van der Waals surface area contributed by atoms with Crippen molar-refractivity contribution >= 4 is 5.97 Å². The van der Waals surface area contributed by atoms with Gasteiger partial charge < -0.3 is 14.6 Å². The lowest BCUT2D eigenvalue weighted by atomic mass is 9.44. The molecule has 0 amide bonds. The third kappa shape index (κ3) is 17.1. The SMILES string of the molecule is CCCCCCCCCCCC(=O)O[C@H]1CC[C@@]2(C)[C@@H](CC[C@@H]3[C@@H]2CC[C@]2(C)[C@@H]([C@H](C)CC[C@@H](CC)C(C)C)CC[C@@H]32)C1.Cc1c(C)c2c(c(C)c1O)CC[C@@](C)(CCC[C@H](C)CCC[C@H](C)CCCC(C)C)O2. The van der Waals surface area contributed by atoms with E-state index in [-0.39, 0.29) is 17.7 Å². The molecule has 0 aromatic heterocycles. The summed E-state index contributed by atoms with van der Waals surface area (Å²) in [4.78, 5) is 12.7. The molecule has 1 aliphatic heterocycles. The summed E-state index contributed by atoms with van der Waals surface area (Å²) in [6.45, 7) is 35.5. The van der Waals surface area contributed by atoms with E-state index in [1.807, 2.05) is 13.8 Å². The van der Waals surface area contributed by atoms with Crippen molar-refractivity contribution in [3.05, 3.63) is 22.3 Å². The van der Waals surface area contributed by atoms with Gasteiger partial charge in [0.15, 0.2) is 0 Å². The second-order valence-electron chi connectivity index (χ2n) is 28.8. The van der Waals surface area contributed by atoms with Crippen molar-refractivity contribution in [1.82, 2.24) is 0 Å². The van der Waals surface area contributed by atoms with Crippen LogP contribution in [0.4, 0.5) is 0 Å². The fraction of sp³-hybridized carbons (Fsp3) is 0.900. The first-order valence-electron chi connectivity index (χ1n) is 32.9. The number of phenols is 1. The summed E-state index contributed by atoms with van der Waals surface area (Å²) in [5.41, 5.74) is 5.27. The van der Waals surface area contributed by atoms with Crippen molar-refractivity contribution in [3.8, 4) is 11.5 Å². The van der Waals surface area contributed by atoms with Crippen LogP contribution < -0.4 is 4.74 Å². The lowest BCUT2D eigenvalue weighted by Crippen LogP contribution is -2.54. The number of phenolic OH excluding ortho intramolecular Hbond substituents is 1. The van der Waals surface area contributed by atoms with Crippen molar-refractivity contribution in [2.45, 2.75) is 327 Å². The average molecular weight is 1030 g/mol. The number of aromatic hydroxyl groups is 1. The van der Waals surface area contributed by atoms with E-state index in [0.717, 1.165) is 126 Å². The Kier molecular flexibility index (Phi) is 25.6. The maximum Gasteiger partial charge on any atom is 0.306 e. The molecule has 428 valence electrons. The second kappa shape index (κ2) is 30.0. The van der Waals surface area contributed by atoms with Crippen molar-refractivity contribution in [1.29, 1.82) is 0 Å². The number of ether oxygens (including phenoxy) is 2. The molecule has 4 heteroatoms. The number of carbonyl (C=O) groups is 1. The predicted molar refractivity (Wildman–Crippen MR) is 318 cm³/mol. The van der Waals surface area contributed by atoms with Gasteiger partial charge in [-0.2, -0.15) is 0 Å². The minimum atomic E-state index is -0.0712. The normalized spacial score (nSPS) is 30.0. The highest BCUT2D eigenvalue weighted by molar-refractivity contribution is 5.69. The number of fused-ring (bicyclic) bond motifs is 6. The van der Waals surface area contributed by atoms with Gasteiger partial charge in [0, 0.05) is 12.0 Å². The molecule has 0 radical (unpaired) electrons. The van der Waals surface area contributed by atoms with Gasteiger partial charge in [0.2, 0.25) is 0 Å². The van der Waals surface area contributed by atoms with E-state index in [0.29, 0.717) is 23.0 Å². The molecular weight excluding hydrogens is 905 g/mol. The zero-order valence-electron chi connectivity index (χ0n) is 51.9. The van der Waals surface area contributed by atoms with E-state index in [9.17, 15) is 9.90 Å². The Morgan fingerprint density at radius 3 is 1.88 bits per heavy atom. The molecule has 0 unspecified atom stereocenters. The molecule has 5 aliphatic rings. The summed E-state index contributed by atoms with van der Waals surface area (Å²) >= 11 is 0. The van der Waals surface area contributed by atoms with E-state index in [1.54, 1.807) is 0 Å².